The number of benzene rings is 2. The van der Waals surface area contributed by atoms with Gasteiger partial charge in [0.1, 0.15) is 5.82 Å². The molecule has 0 heterocycles. The third kappa shape index (κ3) is 3.27. The van der Waals surface area contributed by atoms with Crippen LogP contribution >= 0.6 is 15.9 Å². The van der Waals surface area contributed by atoms with Gasteiger partial charge in [-0.2, -0.15) is 0 Å². The summed E-state index contributed by atoms with van der Waals surface area (Å²) in [5, 5.41) is 2.98. The zero-order valence-corrected chi connectivity index (χ0v) is 12.1. The minimum atomic E-state index is -0.567. The van der Waals surface area contributed by atoms with Crippen LogP contribution in [0.1, 0.15) is 15.9 Å². The molecule has 1 amide bonds. The van der Waals surface area contributed by atoms with Crippen LogP contribution in [0.15, 0.2) is 40.9 Å². The van der Waals surface area contributed by atoms with Crippen molar-refractivity contribution in [2.24, 2.45) is 5.73 Å². The average molecular weight is 338 g/mol. The van der Waals surface area contributed by atoms with Crippen molar-refractivity contribution in [3.05, 3.63) is 57.8 Å². The summed E-state index contributed by atoms with van der Waals surface area (Å²) in [6, 6.07) is 9.38. The molecule has 0 aromatic heterocycles. The summed E-state index contributed by atoms with van der Waals surface area (Å²) < 4.78 is 14.4. The quantitative estimate of drug-likeness (QED) is 0.750. The molecule has 4 nitrogen and oxygen atoms in total. The largest absolute Gasteiger partial charge is 0.399 e. The van der Waals surface area contributed by atoms with Crippen molar-refractivity contribution < 1.29 is 9.18 Å². The van der Waals surface area contributed by atoms with Gasteiger partial charge in [-0.05, 0) is 36.4 Å². The van der Waals surface area contributed by atoms with Gasteiger partial charge < -0.3 is 16.8 Å². The van der Waals surface area contributed by atoms with Crippen LogP contribution in [-0.2, 0) is 6.54 Å². The Bertz CT molecular complexity index is 661. The lowest BCUT2D eigenvalue weighted by Gasteiger charge is -2.12. The van der Waals surface area contributed by atoms with Crippen molar-refractivity contribution in [2.45, 2.75) is 6.54 Å². The van der Waals surface area contributed by atoms with Crippen LogP contribution < -0.4 is 16.8 Å². The first-order valence-electron chi connectivity index (χ1n) is 5.84. The van der Waals surface area contributed by atoms with E-state index >= 15 is 0 Å². The summed E-state index contributed by atoms with van der Waals surface area (Å²) in [5.74, 6) is -0.896. The van der Waals surface area contributed by atoms with Crippen LogP contribution in [0.5, 0.6) is 0 Å². The lowest BCUT2D eigenvalue weighted by molar-refractivity contribution is 0.100. The minimum absolute atomic E-state index is 0.217. The highest BCUT2D eigenvalue weighted by atomic mass is 79.9. The molecule has 0 unspecified atom stereocenters. The number of carbonyl (C=O) groups excluding carboxylic acids is 1. The van der Waals surface area contributed by atoms with Gasteiger partial charge in [-0.15, -0.1) is 0 Å². The standard InChI is InChI=1S/C14H13BrFN3O/c15-9-1-4-12(16)8(5-9)7-19-13-6-10(17)2-3-11(13)14(18)20/h1-6,19H,7,17H2,(H2,18,20). The number of halogens is 2. The molecular formula is C14H13BrFN3O. The number of nitrogen functional groups attached to an aromatic ring is 1. The first kappa shape index (κ1) is 14.3. The average Bonchev–Trinajstić information content (AvgIpc) is 2.39. The molecule has 0 atom stereocenters. The highest BCUT2D eigenvalue weighted by molar-refractivity contribution is 9.10. The zero-order valence-electron chi connectivity index (χ0n) is 10.5. The Morgan fingerprint density at radius 2 is 2.00 bits per heavy atom. The zero-order chi connectivity index (χ0) is 14.7. The molecule has 2 aromatic carbocycles. The van der Waals surface area contributed by atoms with Crippen LogP contribution in [-0.4, -0.2) is 5.91 Å². The van der Waals surface area contributed by atoms with Gasteiger partial charge in [0, 0.05) is 28.0 Å². The molecule has 6 heteroatoms. The Morgan fingerprint density at radius 1 is 1.25 bits per heavy atom. The minimum Gasteiger partial charge on any atom is -0.399 e. The molecule has 0 spiro atoms. The van der Waals surface area contributed by atoms with Gasteiger partial charge in [0.25, 0.3) is 5.91 Å². The molecule has 5 N–H and O–H groups in total. The molecule has 104 valence electrons. The van der Waals surface area contributed by atoms with Crippen LogP contribution in [0.4, 0.5) is 15.8 Å². The summed E-state index contributed by atoms with van der Waals surface area (Å²) in [6.07, 6.45) is 0. The molecule has 0 aliphatic heterocycles. The monoisotopic (exact) mass is 337 g/mol. The second-order valence-electron chi connectivity index (χ2n) is 4.26. The van der Waals surface area contributed by atoms with Gasteiger partial charge >= 0.3 is 0 Å². The van der Waals surface area contributed by atoms with E-state index in [1.54, 1.807) is 24.3 Å². The van der Waals surface area contributed by atoms with Gasteiger partial charge in [0.15, 0.2) is 0 Å². The molecule has 2 aromatic rings. The Morgan fingerprint density at radius 3 is 2.70 bits per heavy atom. The number of hydrogen-bond donors (Lipinski definition) is 3. The normalized spacial score (nSPS) is 10.3. The van der Waals surface area contributed by atoms with Gasteiger partial charge in [-0.3, -0.25) is 4.79 Å². The van der Waals surface area contributed by atoms with Gasteiger partial charge in [0.05, 0.1) is 5.56 Å². The maximum atomic E-state index is 13.6. The Labute approximate surface area is 124 Å². The lowest BCUT2D eigenvalue weighted by atomic mass is 10.1. The summed E-state index contributed by atoms with van der Waals surface area (Å²) >= 11 is 3.28. The van der Waals surface area contributed by atoms with E-state index < -0.39 is 5.91 Å². The second-order valence-corrected chi connectivity index (χ2v) is 5.17. The van der Waals surface area contributed by atoms with Crippen molar-refractivity contribution in [1.29, 1.82) is 0 Å². The van der Waals surface area contributed by atoms with E-state index in [9.17, 15) is 9.18 Å². The molecule has 2 rings (SSSR count). The smallest absolute Gasteiger partial charge is 0.250 e. The number of rotatable bonds is 4. The van der Waals surface area contributed by atoms with Gasteiger partial charge in [-0.25, -0.2) is 4.39 Å². The van der Waals surface area contributed by atoms with Gasteiger partial charge in [0.2, 0.25) is 0 Å². The Kier molecular flexibility index (Phi) is 4.24. The SMILES string of the molecule is NC(=O)c1ccc(N)cc1NCc1cc(Br)ccc1F. The summed E-state index contributed by atoms with van der Waals surface area (Å²) in [4.78, 5) is 11.3. The number of primary amides is 1. The molecule has 20 heavy (non-hydrogen) atoms. The second kappa shape index (κ2) is 5.92. The fourth-order valence-corrected chi connectivity index (χ4v) is 2.20. The number of hydrogen-bond acceptors (Lipinski definition) is 3. The van der Waals surface area contributed by atoms with Crippen LogP contribution in [0, 0.1) is 5.82 Å². The highest BCUT2D eigenvalue weighted by Crippen LogP contribution is 2.21. The number of anilines is 2. The maximum absolute atomic E-state index is 13.6. The molecule has 0 aliphatic carbocycles. The fourth-order valence-electron chi connectivity index (χ4n) is 1.79. The number of nitrogens with two attached hydrogens (primary N) is 2. The first-order chi connectivity index (χ1) is 9.47. The van der Waals surface area contributed by atoms with Crippen molar-refractivity contribution in [2.75, 3.05) is 11.1 Å². The highest BCUT2D eigenvalue weighted by Gasteiger charge is 2.09. The van der Waals surface area contributed by atoms with Crippen molar-refractivity contribution >= 4 is 33.2 Å². The Hall–Kier alpha value is -2.08. The third-order valence-electron chi connectivity index (χ3n) is 2.79. The van der Waals surface area contributed by atoms with Gasteiger partial charge in [-0.1, -0.05) is 15.9 Å². The van der Waals surface area contributed by atoms with Crippen LogP contribution in [0.25, 0.3) is 0 Å². The van der Waals surface area contributed by atoms with E-state index in [-0.39, 0.29) is 12.4 Å². The third-order valence-corrected chi connectivity index (χ3v) is 3.28. The lowest BCUT2D eigenvalue weighted by Crippen LogP contribution is -2.15. The molecular weight excluding hydrogens is 325 g/mol. The topological polar surface area (TPSA) is 81.1 Å². The molecule has 0 fully saturated rings. The van der Waals surface area contributed by atoms with E-state index in [1.807, 2.05) is 0 Å². The van der Waals surface area contributed by atoms with E-state index in [0.29, 0.717) is 22.5 Å². The Balaban J connectivity index is 2.24. The van der Waals surface area contributed by atoms with Crippen molar-refractivity contribution in [3.63, 3.8) is 0 Å². The predicted octanol–water partition coefficient (Wildman–Crippen LogP) is 2.88. The van der Waals surface area contributed by atoms with E-state index in [2.05, 4.69) is 21.2 Å². The van der Waals surface area contributed by atoms with Crippen LogP contribution in [0.2, 0.25) is 0 Å². The molecule has 0 bridgehead atoms. The van der Waals surface area contributed by atoms with Crippen molar-refractivity contribution in [1.82, 2.24) is 0 Å². The summed E-state index contributed by atoms with van der Waals surface area (Å²) in [7, 11) is 0. The van der Waals surface area contributed by atoms with E-state index in [1.165, 1.54) is 12.1 Å². The molecule has 0 saturated carbocycles. The fraction of sp³-hybridized carbons (Fsp3) is 0.0714. The number of carbonyl (C=O) groups is 1. The molecule has 0 radical (unpaired) electrons. The van der Waals surface area contributed by atoms with E-state index in [4.69, 9.17) is 11.5 Å². The van der Waals surface area contributed by atoms with E-state index in [0.717, 1.165) is 4.47 Å². The van der Waals surface area contributed by atoms with Crippen LogP contribution in [0.3, 0.4) is 0 Å². The molecule has 0 saturated heterocycles. The first-order valence-corrected chi connectivity index (χ1v) is 6.64. The summed E-state index contributed by atoms with van der Waals surface area (Å²) in [5.41, 5.74) is 12.7. The number of amides is 1. The summed E-state index contributed by atoms with van der Waals surface area (Å²) in [6.45, 7) is 0.217. The maximum Gasteiger partial charge on any atom is 0.250 e. The predicted molar refractivity (Wildman–Crippen MR) is 80.8 cm³/mol. The molecule has 0 aliphatic rings. The number of nitrogens with one attached hydrogen (secondary N) is 1. The van der Waals surface area contributed by atoms with Crippen molar-refractivity contribution in [3.8, 4) is 0 Å².